The third-order valence-corrected chi connectivity index (χ3v) is 2.67. The van der Waals surface area contributed by atoms with Crippen molar-refractivity contribution in [2.24, 2.45) is 5.92 Å². The van der Waals surface area contributed by atoms with E-state index in [1.54, 1.807) is 25.1 Å². The summed E-state index contributed by atoms with van der Waals surface area (Å²) in [6, 6.07) is 9.08. The quantitative estimate of drug-likeness (QED) is 0.628. The molecule has 0 fully saturated rings. The summed E-state index contributed by atoms with van der Waals surface area (Å²) in [6.45, 7) is 2.18. The second-order valence-electron chi connectivity index (χ2n) is 3.59. The minimum absolute atomic E-state index is 0.206. The summed E-state index contributed by atoms with van der Waals surface area (Å²) in [6.07, 6.45) is 0. The lowest BCUT2D eigenvalue weighted by molar-refractivity contribution is -0.00274. The third kappa shape index (κ3) is 1.08. The molecule has 1 N–H and O–H groups in total. The van der Waals surface area contributed by atoms with Crippen LogP contribution >= 0.6 is 0 Å². The summed E-state index contributed by atoms with van der Waals surface area (Å²) >= 11 is 0. The molecule has 1 aromatic rings. The van der Waals surface area contributed by atoms with Crippen LogP contribution in [0.25, 0.3) is 0 Å². The first kappa shape index (κ1) is 9.04. The molecule has 0 bridgehead atoms. The van der Waals surface area contributed by atoms with E-state index in [2.05, 4.69) is 0 Å². The molecular weight excluding hydrogens is 178 g/mol. The van der Waals surface area contributed by atoms with E-state index in [-0.39, 0.29) is 5.92 Å². The number of rotatable bonds is 0. The van der Waals surface area contributed by atoms with E-state index in [0.29, 0.717) is 17.9 Å². The Labute approximate surface area is 82.6 Å². The summed E-state index contributed by atoms with van der Waals surface area (Å²) in [5, 5.41) is 19.2. The molecule has 3 heteroatoms. The molecule has 72 valence electrons. The predicted molar refractivity (Wildman–Crippen MR) is 50.6 cm³/mol. The molecule has 1 heterocycles. The predicted octanol–water partition coefficient (Wildman–Crippen LogP) is 1.43. The van der Waals surface area contributed by atoms with Crippen molar-refractivity contribution in [2.45, 2.75) is 12.5 Å². The fourth-order valence-corrected chi connectivity index (χ4v) is 1.68. The van der Waals surface area contributed by atoms with Crippen LogP contribution in [-0.4, -0.2) is 11.7 Å². The van der Waals surface area contributed by atoms with Gasteiger partial charge in [0.2, 0.25) is 0 Å². The molecule has 0 spiro atoms. The van der Waals surface area contributed by atoms with E-state index in [9.17, 15) is 5.11 Å². The van der Waals surface area contributed by atoms with Crippen molar-refractivity contribution in [3.63, 3.8) is 0 Å². The average molecular weight is 189 g/mol. The van der Waals surface area contributed by atoms with Gasteiger partial charge in [-0.3, -0.25) is 0 Å². The zero-order valence-corrected chi connectivity index (χ0v) is 7.90. The molecule has 1 aromatic carbocycles. The molecule has 1 aliphatic heterocycles. The number of benzene rings is 1. The molecule has 0 radical (unpaired) electrons. The molecule has 0 saturated heterocycles. The largest absolute Gasteiger partial charge is 0.493 e. The minimum atomic E-state index is -1.41. The Morgan fingerprint density at radius 2 is 2.29 bits per heavy atom. The van der Waals surface area contributed by atoms with E-state index in [1.165, 1.54) is 0 Å². The summed E-state index contributed by atoms with van der Waals surface area (Å²) < 4.78 is 5.42. The highest BCUT2D eigenvalue weighted by atomic mass is 16.5. The van der Waals surface area contributed by atoms with Gasteiger partial charge in [0, 0.05) is 11.5 Å². The first-order valence-corrected chi connectivity index (χ1v) is 4.54. The minimum Gasteiger partial charge on any atom is -0.493 e. The van der Waals surface area contributed by atoms with Crippen LogP contribution in [0, 0.1) is 17.2 Å². The highest BCUT2D eigenvalue weighted by Crippen LogP contribution is 2.39. The summed E-state index contributed by atoms with van der Waals surface area (Å²) in [7, 11) is 0. The second kappa shape index (κ2) is 3.00. The lowest BCUT2D eigenvalue weighted by atomic mass is 9.82. The zero-order chi connectivity index (χ0) is 10.2. The van der Waals surface area contributed by atoms with Crippen LogP contribution in [-0.2, 0) is 5.60 Å². The molecule has 1 aliphatic rings. The topological polar surface area (TPSA) is 53.2 Å². The van der Waals surface area contributed by atoms with Gasteiger partial charge in [-0.1, -0.05) is 25.1 Å². The number of fused-ring (bicyclic) bond motifs is 1. The lowest BCUT2D eigenvalue weighted by Crippen LogP contribution is -2.39. The third-order valence-electron chi connectivity index (χ3n) is 2.67. The number of para-hydroxylation sites is 1. The number of hydrogen-bond donors (Lipinski definition) is 1. The van der Waals surface area contributed by atoms with Crippen molar-refractivity contribution in [1.82, 2.24) is 0 Å². The Balaban J connectivity index is 2.59. The normalized spacial score (nSPS) is 29.9. The average Bonchev–Trinajstić information content (AvgIpc) is 2.24. The SMILES string of the molecule is CC1COc2ccccc2C1(O)C#N. The molecule has 2 unspecified atom stereocenters. The van der Waals surface area contributed by atoms with Crippen molar-refractivity contribution in [3.05, 3.63) is 29.8 Å². The van der Waals surface area contributed by atoms with Gasteiger partial charge in [-0.2, -0.15) is 5.26 Å². The van der Waals surface area contributed by atoms with E-state index in [0.717, 1.165) is 0 Å². The number of ether oxygens (including phenoxy) is 1. The molecule has 0 saturated carbocycles. The molecule has 0 amide bonds. The maximum atomic E-state index is 10.2. The molecule has 3 nitrogen and oxygen atoms in total. The van der Waals surface area contributed by atoms with Crippen molar-refractivity contribution in [3.8, 4) is 11.8 Å². The number of hydrogen-bond acceptors (Lipinski definition) is 3. The first-order chi connectivity index (χ1) is 6.68. The van der Waals surface area contributed by atoms with Crippen molar-refractivity contribution in [2.75, 3.05) is 6.61 Å². The van der Waals surface area contributed by atoms with Gasteiger partial charge in [0.05, 0.1) is 6.61 Å². The van der Waals surface area contributed by atoms with Crippen molar-refractivity contribution in [1.29, 1.82) is 5.26 Å². The van der Waals surface area contributed by atoms with Gasteiger partial charge in [0.15, 0.2) is 5.60 Å². The summed E-state index contributed by atoms with van der Waals surface area (Å²) in [5.41, 5.74) is -0.837. The van der Waals surface area contributed by atoms with Gasteiger partial charge >= 0.3 is 0 Å². The molecular formula is C11H11NO2. The molecule has 14 heavy (non-hydrogen) atoms. The van der Waals surface area contributed by atoms with Crippen molar-refractivity contribution >= 4 is 0 Å². The molecule has 0 aliphatic carbocycles. The van der Waals surface area contributed by atoms with Crippen LogP contribution in [0.5, 0.6) is 5.75 Å². The molecule has 2 atom stereocenters. The second-order valence-corrected chi connectivity index (χ2v) is 3.59. The Hall–Kier alpha value is -1.53. The van der Waals surface area contributed by atoms with Gasteiger partial charge in [-0.25, -0.2) is 0 Å². The smallest absolute Gasteiger partial charge is 0.186 e. The van der Waals surface area contributed by atoms with E-state index in [4.69, 9.17) is 10.00 Å². The first-order valence-electron chi connectivity index (χ1n) is 4.54. The highest BCUT2D eigenvalue weighted by molar-refractivity contribution is 5.43. The molecule has 0 aromatic heterocycles. The highest BCUT2D eigenvalue weighted by Gasteiger charge is 2.41. The Morgan fingerprint density at radius 1 is 1.57 bits per heavy atom. The van der Waals surface area contributed by atoms with Gasteiger partial charge in [-0.15, -0.1) is 0 Å². The van der Waals surface area contributed by atoms with E-state index in [1.807, 2.05) is 12.1 Å². The van der Waals surface area contributed by atoms with Crippen LogP contribution in [0.3, 0.4) is 0 Å². The van der Waals surface area contributed by atoms with Crippen molar-refractivity contribution < 1.29 is 9.84 Å². The lowest BCUT2D eigenvalue weighted by Gasteiger charge is -2.33. The number of nitriles is 1. The van der Waals surface area contributed by atoms with Gasteiger partial charge in [-0.05, 0) is 6.07 Å². The van der Waals surface area contributed by atoms with Gasteiger partial charge < -0.3 is 9.84 Å². The van der Waals surface area contributed by atoms with Crippen LogP contribution in [0.15, 0.2) is 24.3 Å². The summed E-state index contributed by atoms with van der Waals surface area (Å²) in [4.78, 5) is 0. The summed E-state index contributed by atoms with van der Waals surface area (Å²) in [5.74, 6) is 0.400. The maximum Gasteiger partial charge on any atom is 0.186 e. The van der Waals surface area contributed by atoms with Crippen LogP contribution in [0.4, 0.5) is 0 Å². The van der Waals surface area contributed by atoms with Crippen LogP contribution < -0.4 is 4.74 Å². The standard InChI is InChI=1S/C11H11NO2/c1-8-6-14-10-5-3-2-4-9(10)11(8,13)7-12/h2-5,8,13H,6H2,1H3. The van der Waals surface area contributed by atoms with Crippen LogP contribution in [0.2, 0.25) is 0 Å². The monoisotopic (exact) mass is 189 g/mol. The van der Waals surface area contributed by atoms with Gasteiger partial charge in [0.1, 0.15) is 11.8 Å². The zero-order valence-electron chi connectivity index (χ0n) is 7.90. The Bertz CT molecular complexity index is 397. The maximum absolute atomic E-state index is 10.2. The molecule has 2 rings (SSSR count). The number of nitrogens with zero attached hydrogens (tertiary/aromatic N) is 1. The number of aliphatic hydroxyl groups is 1. The Kier molecular flexibility index (Phi) is 1.94. The van der Waals surface area contributed by atoms with E-state index < -0.39 is 5.60 Å². The van der Waals surface area contributed by atoms with Crippen LogP contribution in [0.1, 0.15) is 12.5 Å². The van der Waals surface area contributed by atoms with Gasteiger partial charge in [0.25, 0.3) is 0 Å². The Morgan fingerprint density at radius 3 is 3.00 bits per heavy atom. The van der Waals surface area contributed by atoms with E-state index >= 15 is 0 Å². The fourth-order valence-electron chi connectivity index (χ4n) is 1.68. The fraction of sp³-hybridized carbons (Fsp3) is 0.364.